The minimum absolute atomic E-state index is 0.0211. The summed E-state index contributed by atoms with van der Waals surface area (Å²) in [5, 5.41) is 2.95. The number of piperidine rings is 1. The van der Waals surface area contributed by atoms with Crippen molar-refractivity contribution >= 4 is 16.1 Å². The number of urea groups is 1. The maximum absolute atomic E-state index is 12.7. The zero-order valence-corrected chi connectivity index (χ0v) is 15.5. The Morgan fingerprint density at radius 3 is 2.48 bits per heavy atom. The number of rotatable bonds is 3. The van der Waals surface area contributed by atoms with Gasteiger partial charge in [-0.3, -0.25) is 0 Å². The molecule has 2 fully saturated rings. The maximum atomic E-state index is 12.7. The second-order valence-electron chi connectivity index (χ2n) is 6.96. The number of benzene rings is 1. The van der Waals surface area contributed by atoms with Gasteiger partial charge in [0.25, 0.3) is 0 Å². The normalized spacial score (nSPS) is 23.5. The predicted octanol–water partition coefficient (Wildman–Crippen LogP) is 1.27. The standard InChI is InChI=1S/C17H25N3O4S/c1-19(2)16(21)18-14-12-17(24-13-14)8-10-20(11-9-17)25(22,23)15-6-4-3-5-7-15/h3-7,14H,8-13H2,1-2H3,(H,18,21)/t14-/m0/s1. The highest BCUT2D eigenvalue weighted by Gasteiger charge is 2.45. The highest BCUT2D eigenvalue weighted by atomic mass is 32.2. The van der Waals surface area contributed by atoms with Crippen LogP contribution in [0.4, 0.5) is 4.79 Å². The van der Waals surface area contributed by atoms with Crippen LogP contribution in [0.15, 0.2) is 35.2 Å². The lowest BCUT2D eigenvalue weighted by atomic mass is 9.88. The number of nitrogens with zero attached hydrogens (tertiary/aromatic N) is 2. The molecule has 8 heteroatoms. The third-order valence-corrected chi connectivity index (χ3v) is 6.87. The molecule has 1 N–H and O–H groups in total. The fourth-order valence-electron chi connectivity index (χ4n) is 3.46. The highest BCUT2D eigenvalue weighted by molar-refractivity contribution is 7.89. The molecule has 0 bridgehead atoms. The summed E-state index contributed by atoms with van der Waals surface area (Å²) in [4.78, 5) is 13.6. The summed E-state index contributed by atoms with van der Waals surface area (Å²) in [7, 11) is -0.0462. The van der Waals surface area contributed by atoms with E-state index in [9.17, 15) is 13.2 Å². The molecule has 0 aliphatic carbocycles. The quantitative estimate of drug-likeness (QED) is 0.873. The van der Waals surface area contributed by atoms with Gasteiger partial charge in [0.15, 0.2) is 0 Å². The van der Waals surface area contributed by atoms with E-state index >= 15 is 0 Å². The molecule has 0 saturated carbocycles. The van der Waals surface area contributed by atoms with Crippen LogP contribution >= 0.6 is 0 Å². The van der Waals surface area contributed by atoms with Crippen LogP contribution in [0, 0.1) is 0 Å². The van der Waals surface area contributed by atoms with Crippen molar-refractivity contribution < 1.29 is 17.9 Å². The zero-order chi connectivity index (χ0) is 18.1. The van der Waals surface area contributed by atoms with Gasteiger partial charge in [-0.2, -0.15) is 4.31 Å². The fraction of sp³-hybridized carbons (Fsp3) is 0.588. The second-order valence-corrected chi connectivity index (χ2v) is 8.89. The Kier molecular flexibility index (Phi) is 5.04. The van der Waals surface area contributed by atoms with Crippen molar-refractivity contribution in [3.05, 3.63) is 30.3 Å². The van der Waals surface area contributed by atoms with E-state index in [0.717, 1.165) is 6.42 Å². The third kappa shape index (κ3) is 3.80. The van der Waals surface area contributed by atoms with Crippen LogP contribution in [0.5, 0.6) is 0 Å². The monoisotopic (exact) mass is 367 g/mol. The molecule has 2 heterocycles. The number of hydrogen-bond acceptors (Lipinski definition) is 4. The molecule has 0 unspecified atom stereocenters. The highest BCUT2D eigenvalue weighted by Crippen LogP contribution is 2.37. The smallest absolute Gasteiger partial charge is 0.317 e. The van der Waals surface area contributed by atoms with Crippen molar-refractivity contribution in [2.45, 2.75) is 35.8 Å². The first kappa shape index (κ1) is 18.2. The Bertz CT molecular complexity index is 713. The summed E-state index contributed by atoms with van der Waals surface area (Å²) in [5.74, 6) is 0. The minimum Gasteiger partial charge on any atom is -0.373 e. The van der Waals surface area contributed by atoms with E-state index in [1.807, 2.05) is 0 Å². The molecule has 7 nitrogen and oxygen atoms in total. The first-order valence-corrected chi connectivity index (χ1v) is 9.93. The van der Waals surface area contributed by atoms with Crippen molar-refractivity contribution in [2.24, 2.45) is 0 Å². The molecule has 3 rings (SSSR count). The largest absolute Gasteiger partial charge is 0.373 e. The van der Waals surface area contributed by atoms with Gasteiger partial charge >= 0.3 is 6.03 Å². The number of carbonyl (C=O) groups excluding carboxylic acids is 1. The number of ether oxygens (including phenoxy) is 1. The number of nitrogens with one attached hydrogen (secondary N) is 1. The van der Waals surface area contributed by atoms with Crippen LogP contribution in [0.3, 0.4) is 0 Å². The van der Waals surface area contributed by atoms with Crippen LogP contribution in [0.1, 0.15) is 19.3 Å². The Morgan fingerprint density at radius 1 is 1.24 bits per heavy atom. The van der Waals surface area contributed by atoms with E-state index in [0.29, 0.717) is 37.4 Å². The van der Waals surface area contributed by atoms with E-state index in [1.165, 1.54) is 9.21 Å². The van der Waals surface area contributed by atoms with Crippen LogP contribution in [-0.4, -0.2) is 69.1 Å². The second kappa shape index (κ2) is 6.93. The summed E-state index contributed by atoms with van der Waals surface area (Å²) in [6, 6.07) is 8.37. The van der Waals surface area contributed by atoms with Crippen molar-refractivity contribution in [3.8, 4) is 0 Å². The van der Waals surface area contributed by atoms with Crippen molar-refractivity contribution in [3.63, 3.8) is 0 Å². The molecule has 2 aliphatic heterocycles. The summed E-state index contributed by atoms with van der Waals surface area (Å²) in [6.07, 6.45) is 2.02. The molecule has 1 atom stereocenters. The van der Waals surface area contributed by atoms with Gasteiger partial charge in [-0.1, -0.05) is 18.2 Å². The van der Waals surface area contributed by atoms with Gasteiger partial charge in [0.1, 0.15) is 0 Å². The van der Waals surface area contributed by atoms with Crippen molar-refractivity contribution in [1.29, 1.82) is 0 Å². The Labute approximate surface area is 149 Å². The lowest BCUT2D eigenvalue weighted by Gasteiger charge is -2.38. The van der Waals surface area contributed by atoms with Crippen LogP contribution in [0.2, 0.25) is 0 Å². The Hall–Kier alpha value is -1.64. The lowest BCUT2D eigenvalue weighted by Crippen LogP contribution is -2.47. The SMILES string of the molecule is CN(C)C(=O)N[C@@H]1COC2(CCN(S(=O)(=O)c3ccccc3)CC2)C1. The number of sulfonamides is 1. The van der Waals surface area contributed by atoms with E-state index in [1.54, 1.807) is 44.4 Å². The molecule has 1 aromatic rings. The van der Waals surface area contributed by atoms with Gasteiger partial charge in [0.05, 0.1) is 23.1 Å². The predicted molar refractivity (Wildman–Crippen MR) is 93.7 cm³/mol. The Balaban J connectivity index is 1.60. The average Bonchev–Trinajstić information content (AvgIpc) is 2.98. The molecule has 2 amide bonds. The van der Waals surface area contributed by atoms with Crippen LogP contribution < -0.4 is 5.32 Å². The first-order chi connectivity index (χ1) is 11.8. The summed E-state index contributed by atoms with van der Waals surface area (Å²) >= 11 is 0. The molecular formula is C17H25N3O4S. The molecule has 0 radical (unpaired) electrons. The third-order valence-electron chi connectivity index (χ3n) is 4.96. The summed E-state index contributed by atoms with van der Waals surface area (Å²) in [5.41, 5.74) is -0.326. The van der Waals surface area contributed by atoms with Gasteiger partial charge in [0.2, 0.25) is 10.0 Å². The molecule has 1 aromatic carbocycles. The van der Waals surface area contributed by atoms with Crippen molar-refractivity contribution in [1.82, 2.24) is 14.5 Å². The maximum Gasteiger partial charge on any atom is 0.317 e. The molecule has 2 saturated heterocycles. The molecule has 25 heavy (non-hydrogen) atoms. The molecule has 0 aromatic heterocycles. The van der Waals surface area contributed by atoms with Gasteiger partial charge in [0, 0.05) is 27.2 Å². The van der Waals surface area contributed by atoms with Gasteiger partial charge in [-0.15, -0.1) is 0 Å². The lowest BCUT2D eigenvalue weighted by molar-refractivity contribution is -0.0311. The van der Waals surface area contributed by atoms with E-state index in [2.05, 4.69) is 5.32 Å². The average molecular weight is 367 g/mol. The number of hydrogen-bond donors (Lipinski definition) is 1. The van der Waals surface area contributed by atoms with Crippen molar-refractivity contribution in [2.75, 3.05) is 33.8 Å². The molecule has 2 aliphatic rings. The number of carbonyl (C=O) groups is 1. The first-order valence-electron chi connectivity index (χ1n) is 8.49. The van der Waals surface area contributed by atoms with Gasteiger partial charge in [-0.05, 0) is 31.4 Å². The minimum atomic E-state index is -3.45. The molecule has 1 spiro atoms. The Morgan fingerprint density at radius 2 is 1.88 bits per heavy atom. The van der Waals surface area contributed by atoms with E-state index < -0.39 is 10.0 Å². The van der Waals surface area contributed by atoms with Gasteiger partial charge < -0.3 is 15.0 Å². The van der Waals surface area contributed by atoms with Crippen LogP contribution in [0.25, 0.3) is 0 Å². The summed E-state index contributed by atoms with van der Waals surface area (Å²) in [6.45, 7) is 1.35. The van der Waals surface area contributed by atoms with E-state index in [-0.39, 0.29) is 17.7 Å². The fourth-order valence-corrected chi connectivity index (χ4v) is 4.93. The zero-order valence-electron chi connectivity index (χ0n) is 14.6. The molecular weight excluding hydrogens is 342 g/mol. The topological polar surface area (TPSA) is 79.0 Å². The van der Waals surface area contributed by atoms with Gasteiger partial charge in [-0.25, -0.2) is 13.2 Å². The van der Waals surface area contributed by atoms with Crippen LogP contribution in [-0.2, 0) is 14.8 Å². The summed E-state index contributed by atoms with van der Waals surface area (Å²) < 4.78 is 32.9. The molecule has 138 valence electrons. The number of amides is 2. The van der Waals surface area contributed by atoms with E-state index in [4.69, 9.17) is 4.74 Å².